The molecule has 7 rings (SSSR count). The largest absolute Gasteiger partial charge is 0.508 e. The number of phenolic OH excluding ortho intramolecular Hbond substituents is 1. The number of carbonyl (C=O) groups is 4. The summed E-state index contributed by atoms with van der Waals surface area (Å²) in [7, 11) is 0. The standard InChI is InChI=1S/C36H33ClN2O5/c1-35(2,3)39-31(41)26-17-16-25-27(29(26)33(39)43)19-28-32(42)38(23-11-7-10-22(37)18-23)34(44)36(28,21-8-5-4-6-9-21)30(25)20-12-14-24(40)15-13-20/h4-16,18,26-30,40H,17,19H2,1-3H3. The first-order valence-corrected chi connectivity index (χ1v) is 15.4. The lowest BCUT2D eigenvalue weighted by atomic mass is 9.49. The van der Waals surface area contributed by atoms with Crippen molar-refractivity contribution in [1.82, 2.24) is 4.90 Å². The highest BCUT2D eigenvalue weighted by atomic mass is 35.5. The number of hydrogen-bond acceptors (Lipinski definition) is 5. The molecular formula is C36H33ClN2O5. The fraction of sp³-hybridized carbons (Fsp3) is 0.333. The fourth-order valence-electron chi connectivity index (χ4n) is 8.45. The third-order valence-electron chi connectivity index (χ3n) is 10.1. The van der Waals surface area contributed by atoms with Crippen molar-refractivity contribution in [2.45, 2.75) is 50.5 Å². The number of phenols is 1. The number of nitrogens with zero attached hydrogens (tertiary/aromatic N) is 2. The Labute approximate surface area is 261 Å². The molecule has 8 heteroatoms. The van der Waals surface area contributed by atoms with E-state index in [4.69, 9.17) is 11.6 Å². The van der Waals surface area contributed by atoms with Crippen LogP contribution < -0.4 is 4.90 Å². The predicted octanol–water partition coefficient (Wildman–Crippen LogP) is 6.01. The number of imide groups is 2. The second-order valence-electron chi connectivity index (χ2n) is 13.4. The van der Waals surface area contributed by atoms with E-state index in [2.05, 4.69) is 0 Å². The van der Waals surface area contributed by atoms with E-state index in [1.54, 1.807) is 48.5 Å². The van der Waals surface area contributed by atoms with Gasteiger partial charge in [-0.3, -0.25) is 24.1 Å². The molecule has 0 radical (unpaired) electrons. The molecule has 3 fully saturated rings. The average molecular weight is 609 g/mol. The third kappa shape index (κ3) is 3.88. The summed E-state index contributed by atoms with van der Waals surface area (Å²) >= 11 is 6.35. The Bertz CT molecular complexity index is 1740. The molecule has 2 heterocycles. The van der Waals surface area contributed by atoms with Crippen LogP contribution in [0.5, 0.6) is 5.75 Å². The SMILES string of the molecule is CC(C)(C)N1C(=O)C2CC=C3C(CC4C(=O)N(c5cccc(Cl)c5)C(=O)C4(c4ccccc4)C3c3ccc(O)cc3)C2C1=O. The maximum Gasteiger partial charge on any atom is 0.246 e. The summed E-state index contributed by atoms with van der Waals surface area (Å²) < 4.78 is 0. The first-order valence-electron chi connectivity index (χ1n) is 15.0. The minimum atomic E-state index is -1.33. The van der Waals surface area contributed by atoms with E-state index in [1.807, 2.05) is 57.2 Å². The first-order chi connectivity index (χ1) is 21.0. The third-order valence-corrected chi connectivity index (χ3v) is 10.3. The van der Waals surface area contributed by atoms with Crippen LogP contribution in [0.1, 0.15) is 50.7 Å². The Kier molecular flexibility index (Phi) is 6.42. The molecule has 0 bridgehead atoms. The Morgan fingerprint density at radius 2 is 1.55 bits per heavy atom. The molecule has 2 saturated heterocycles. The van der Waals surface area contributed by atoms with Gasteiger partial charge in [0.15, 0.2) is 0 Å². The summed E-state index contributed by atoms with van der Waals surface area (Å²) in [6, 6.07) is 22.9. The predicted molar refractivity (Wildman–Crippen MR) is 166 cm³/mol. The van der Waals surface area contributed by atoms with Crippen molar-refractivity contribution in [3.63, 3.8) is 0 Å². The van der Waals surface area contributed by atoms with Crippen molar-refractivity contribution in [1.29, 1.82) is 0 Å². The van der Waals surface area contributed by atoms with Gasteiger partial charge in [-0.2, -0.15) is 0 Å². The number of aromatic hydroxyl groups is 1. The lowest BCUT2D eigenvalue weighted by molar-refractivity contribution is -0.145. The van der Waals surface area contributed by atoms with Crippen LogP contribution in [0.15, 0.2) is 90.5 Å². The van der Waals surface area contributed by atoms with Gasteiger partial charge in [0.1, 0.15) is 5.75 Å². The zero-order valence-corrected chi connectivity index (χ0v) is 25.5. The van der Waals surface area contributed by atoms with Crippen LogP contribution in [0.4, 0.5) is 5.69 Å². The second-order valence-corrected chi connectivity index (χ2v) is 13.8. The molecule has 3 aromatic carbocycles. The molecule has 2 aliphatic carbocycles. The quantitative estimate of drug-likeness (QED) is 0.290. The molecule has 1 N–H and O–H groups in total. The number of rotatable bonds is 3. The molecule has 1 saturated carbocycles. The fourth-order valence-corrected chi connectivity index (χ4v) is 8.63. The van der Waals surface area contributed by atoms with E-state index in [0.29, 0.717) is 22.7 Å². The molecule has 224 valence electrons. The van der Waals surface area contributed by atoms with Crippen molar-refractivity contribution in [3.05, 3.63) is 107 Å². The van der Waals surface area contributed by atoms with E-state index >= 15 is 4.79 Å². The van der Waals surface area contributed by atoms with Gasteiger partial charge < -0.3 is 5.11 Å². The number of halogens is 1. The smallest absolute Gasteiger partial charge is 0.246 e. The zero-order valence-electron chi connectivity index (χ0n) is 24.7. The van der Waals surface area contributed by atoms with Gasteiger partial charge in [0.2, 0.25) is 23.6 Å². The normalized spacial score (nSPS) is 29.8. The van der Waals surface area contributed by atoms with Gasteiger partial charge in [0.25, 0.3) is 0 Å². The van der Waals surface area contributed by atoms with Gasteiger partial charge in [-0.15, -0.1) is 0 Å². The van der Waals surface area contributed by atoms with Gasteiger partial charge >= 0.3 is 0 Å². The number of likely N-dealkylation sites (tertiary alicyclic amines) is 1. The van der Waals surface area contributed by atoms with Crippen molar-refractivity contribution < 1.29 is 24.3 Å². The van der Waals surface area contributed by atoms with Crippen LogP contribution in [-0.2, 0) is 24.6 Å². The summed E-state index contributed by atoms with van der Waals surface area (Å²) in [5.74, 6) is -4.03. The van der Waals surface area contributed by atoms with Crippen LogP contribution in [0, 0.1) is 23.7 Å². The lowest BCUT2D eigenvalue weighted by Crippen LogP contribution is -2.53. The van der Waals surface area contributed by atoms with Crippen LogP contribution >= 0.6 is 11.6 Å². The minimum Gasteiger partial charge on any atom is -0.508 e. The van der Waals surface area contributed by atoms with Crippen molar-refractivity contribution in [3.8, 4) is 5.75 Å². The topological polar surface area (TPSA) is 95.0 Å². The Morgan fingerprint density at radius 3 is 2.20 bits per heavy atom. The molecule has 4 amide bonds. The zero-order chi connectivity index (χ0) is 31.1. The first kappa shape index (κ1) is 28.5. The molecule has 44 heavy (non-hydrogen) atoms. The number of anilines is 1. The summed E-state index contributed by atoms with van der Waals surface area (Å²) in [5, 5.41) is 10.6. The van der Waals surface area contributed by atoms with Gasteiger partial charge in [0, 0.05) is 16.5 Å². The van der Waals surface area contributed by atoms with E-state index in [9.17, 15) is 19.5 Å². The van der Waals surface area contributed by atoms with Crippen LogP contribution in [0.3, 0.4) is 0 Å². The van der Waals surface area contributed by atoms with Crippen LogP contribution in [0.25, 0.3) is 0 Å². The van der Waals surface area contributed by atoms with Gasteiger partial charge in [-0.05, 0) is 81.0 Å². The van der Waals surface area contributed by atoms with Crippen LogP contribution in [-0.4, -0.2) is 39.2 Å². The molecule has 7 nitrogen and oxygen atoms in total. The summed E-state index contributed by atoms with van der Waals surface area (Å²) in [5.41, 5.74) is 0.725. The molecule has 0 spiro atoms. The summed E-state index contributed by atoms with van der Waals surface area (Å²) in [4.78, 5) is 60.2. The average Bonchev–Trinajstić information content (AvgIpc) is 3.39. The number of fused-ring (bicyclic) bond motifs is 4. The molecule has 4 aliphatic rings. The van der Waals surface area contributed by atoms with E-state index in [-0.39, 0.29) is 35.8 Å². The maximum atomic E-state index is 15.1. The number of benzene rings is 3. The minimum absolute atomic E-state index is 0.0795. The molecular weight excluding hydrogens is 576 g/mol. The summed E-state index contributed by atoms with van der Waals surface area (Å²) in [6.45, 7) is 5.57. The molecule has 0 aromatic heterocycles. The highest BCUT2D eigenvalue weighted by molar-refractivity contribution is 6.32. The Hall–Kier alpha value is -4.23. The van der Waals surface area contributed by atoms with Crippen molar-refractivity contribution >= 4 is 40.9 Å². The second kappa shape index (κ2) is 9.89. The highest BCUT2D eigenvalue weighted by Gasteiger charge is 2.70. The Morgan fingerprint density at radius 1 is 0.841 bits per heavy atom. The maximum absolute atomic E-state index is 15.1. The van der Waals surface area contributed by atoms with E-state index in [0.717, 1.165) is 11.1 Å². The molecule has 6 unspecified atom stereocenters. The summed E-state index contributed by atoms with van der Waals surface area (Å²) in [6.07, 6.45) is 2.66. The van der Waals surface area contributed by atoms with E-state index < -0.39 is 40.5 Å². The van der Waals surface area contributed by atoms with Crippen LogP contribution in [0.2, 0.25) is 5.02 Å². The number of allylic oxidation sites excluding steroid dienone is 2. The lowest BCUT2D eigenvalue weighted by Gasteiger charge is -2.50. The molecule has 2 aliphatic heterocycles. The molecule has 3 aromatic rings. The molecule has 6 atom stereocenters. The van der Waals surface area contributed by atoms with Crippen molar-refractivity contribution in [2.24, 2.45) is 23.7 Å². The van der Waals surface area contributed by atoms with Crippen molar-refractivity contribution in [2.75, 3.05) is 4.90 Å². The number of carbonyl (C=O) groups excluding carboxylic acids is 4. The van der Waals surface area contributed by atoms with E-state index in [1.165, 1.54) is 9.80 Å². The van der Waals surface area contributed by atoms with Gasteiger partial charge in [-0.25, -0.2) is 4.90 Å². The van der Waals surface area contributed by atoms with Gasteiger partial charge in [0.05, 0.1) is 28.9 Å². The van der Waals surface area contributed by atoms with Gasteiger partial charge in [-0.1, -0.05) is 71.8 Å². The Balaban J connectivity index is 1.49. The monoisotopic (exact) mass is 608 g/mol. The highest BCUT2D eigenvalue weighted by Crippen LogP contribution is 2.64. The number of hydrogen-bond donors (Lipinski definition) is 1. The number of amides is 4.